The molecule has 0 fully saturated rings. The van der Waals surface area contributed by atoms with Crippen molar-refractivity contribution in [2.24, 2.45) is 7.05 Å². The number of nitrogen functional groups attached to an aromatic ring is 1. The third-order valence-electron chi connectivity index (χ3n) is 2.11. The van der Waals surface area contributed by atoms with E-state index < -0.39 is 0 Å². The van der Waals surface area contributed by atoms with Crippen LogP contribution in [0.2, 0.25) is 0 Å². The van der Waals surface area contributed by atoms with Crippen LogP contribution in [0.4, 0.5) is 5.82 Å². The van der Waals surface area contributed by atoms with E-state index in [1.807, 2.05) is 36.0 Å². The molecule has 3 N–H and O–H groups in total. The number of nitrogens with two attached hydrogens (primary N) is 1. The number of rotatable bonds is 1. The maximum atomic E-state index is 8.88. The van der Waals surface area contributed by atoms with Crippen LogP contribution in [0.5, 0.6) is 0 Å². The van der Waals surface area contributed by atoms with Crippen molar-refractivity contribution in [1.29, 1.82) is 5.26 Å². The van der Waals surface area contributed by atoms with E-state index in [-0.39, 0.29) is 5.82 Å². The molecule has 14 heavy (non-hydrogen) atoms. The average Bonchev–Trinajstić information content (AvgIpc) is 2.71. The van der Waals surface area contributed by atoms with E-state index in [0.717, 1.165) is 5.69 Å². The molecule has 2 aromatic rings. The largest absolute Gasteiger partial charge is 0.381 e. The second kappa shape index (κ2) is 2.92. The fraction of sp³-hybridized carbons (Fsp3) is 0.111. The molecule has 0 amide bonds. The Kier molecular flexibility index (Phi) is 1.75. The highest BCUT2D eigenvalue weighted by Gasteiger charge is 2.13. The van der Waals surface area contributed by atoms with E-state index in [2.05, 4.69) is 10.2 Å². The lowest BCUT2D eigenvalue weighted by atomic mass is 10.2. The van der Waals surface area contributed by atoms with Gasteiger partial charge in [0.2, 0.25) is 0 Å². The fourth-order valence-corrected chi connectivity index (χ4v) is 1.38. The zero-order valence-electron chi connectivity index (χ0n) is 7.65. The van der Waals surface area contributed by atoms with Gasteiger partial charge in [-0.2, -0.15) is 10.4 Å². The molecule has 2 heterocycles. The van der Waals surface area contributed by atoms with Crippen LogP contribution in [0.15, 0.2) is 18.3 Å². The number of hydrogen-bond acceptors (Lipinski definition) is 3. The van der Waals surface area contributed by atoms with Gasteiger partial charge in [-0.25, -0.2) is 0 Å². The van der Waals surface area contributed by atoms with Gasteiger partial charge >= 0.3 is 0 Å². The number of nitrogens with zero attached hydrogens (tertiary/aromatic N) is 3. The average molecular weight is 187 g/mol. The summed E-state index contributed by atoms with van der Waals surface area (Å²) in [6.07, 6.45) is 1.90. The van der Waals surface area contributed by atoms with Crippen LogP contribution < -0.4 is 5.73 Å². The Bertz CT molecular complexity index is 499. The molecule has 0 atom stereocenters. The number of anilines is 1. The highest BCUT2D eigenvalue weighted by Crippen LogP contribution is 2.23. The molecule has 2 rings (SSSR count). The van der Waals surface area contributed by atoms with E-state index in [1.165, 1.54) is 0 Å². The highest BCUT2D eigenvalue weighted by molar-refractivity contribution is 5.70. The first-order valence-corrected chi connectivity index (χ1v) is 4.09. The lowest BCUT2D eigenvalue weighted by Gasteiger charge is -1.99. The van der Waals surface area contributed by atoms with Gasteiger partial charge in [0.05, 0.1) is 5.69 Å². The van der Waals surface area contributed by atoms with Gasteiger partial charge in [-0.15, -0.1) is 0 Å². The van der Waals surface area contributed by atoms with Crippen molar-refractivity contribution in [2.75, 3.05) is 5.73 Å². The number of nitrogens with one attached hydrogen (secondary N) is 1. The Labute approximate surface area is 80.8 Å². The van der Waals surface area contributed by atoms with Gasteiger partial charge in [-0.3, -0.25) is 5.10 Å². The van der Waals surface area contributed by atoms with Gasteiger partial charge < -0.3 is 10.3 Å². The molecule has 0 spiro atoms. The second-order valence-corrected chi connectivity index (χ2v) is 2.97. The monoisotopic (exact) mass is 187 g/mol. The number of aromatic amines is 1. The number of hydrogen-bond donors (Lipinski definition) is 2. The predicted molar refractivity (Wildman–Crippen MR) is 52.1 cm³/mol. The summed E-state index contributed by atoms with van der Waals surface area (Å²) >= 11 is 0. The number of aryl methyl sites for hydroxylation is 1. The summed E-state index contributed by atoms with van der Waals surface area (Å²) in [6, 6.07) is 5.82. The summed E-state index contributed by atoms with van der Waals surface area (Å²) in [4.78, 5) is 0. The SMILES string of the molecule is Cn1cccc1-c1[nH]nc(N)c1C#N. The summed E-state index contributed by atoms with van der Waals surface area (Å²) in [5.41, 5.74) is 7.49. The smallest absolute Gasteiger partial charge is 0.163 e. The Balaban J connectivity index is 2.64. The molecule has 0 radical (unpaired) electrons. The molecular formula is C9H9N5. The zero-order chi connectivity index (χ0) is 10.1. The van der Waals surface area contributed by atoms with Gasteiger partial charge in [-0.05, 0) is 12.1 Å². The molecule has 0 aliphatic carbocycles. The molecule has 0 aliphatic heterocycles. The first-order valence-electron chi connectivity index (χ1n) is 4.09. The third-order valence-corrected chi connectivity index (χ3v) is 2.11. The second-order valence-electron chi connectivity index (χ2n) is 2.97. The van der Waals surface area contributed by atoms with E-state index in [0.29, 0.717) is 11.3 Å². The van der Waals surface area contributed by atoms with Crippen molar-refractivity contribution in [3.63, 3.8) is 0 Å². The molecule has 0 bridgehead atoms. The molecule has 2 aromatic heterocycles. The van der Waals surface area contributed by atoms with Crippen LogP contribution in [-0.4, -0.2) is 14.8 Å². The standard InChI is InChI=1S/C9H9N5/c1-14-4-2-3-7(14)8-6(5-10)9(11)13-12-8/h2-4H,1H3,(H3,11,12,13). The number of H-pyrrole nitrogens is 1. The van der Waals surface area contributed by atoms with Crippen molar-refractivity contribution in [3.8, 4) is 17.5 Å². The molecule has 70 valence electrons. The van der Waals surface area contributed by atoms with Crippen molar-refractivity contribution in [1.82, 2.24) is 14.8 Å². The minimum absolute atomic E-state index is 0.240. The van der Waals surface area contributed by atoms with Gasteiger partial charge in [0.1, 0.15) is 17.3 Å². The molecule has 0 unspecified atom stereocenters. The topological polar surface area (TPSA) is 83.4 Å². The maximum Gasteiger partial charge on any atom is 0.163 e. The fourth-order valence-electron chi connectivity index (χ4n) is 1.38. The summed E-state index contributed by atoms with van der Waals surface area (Å²) in [5.74, 6) is 0.240. The van der Waals surface area contributed by atoms with E-state index in [4.69, 9.17) is 11.0 Å². The Morgan fingerprint density at radius 3 is 3.00 bits per heavy atom. The first-order chi connectivity index (χ1) is 6.74. The van der Waals surface area contributed by atoms with Crippen LogP contribution in [0.3, 0.4) is 0 Å². The quantitative estimate of drug-likeness (QED) is 0.694. The predicted octanol–water partition coefficient (Wildman–Crippen LogP) is 0.869. The molecule has 5 heteroatoms. The molecule has 0 aliphatic rings. The molecule has 0 aromatic carbocycles. The molecular weight excluding hydrogens is 178 g/mol. The number of aromatic nitrogens is 3. The summed E-state index contributed by atoms with van der Waals surface area (Å²) in [6.45, 7) is 0. The minimum Gasteiger partial charge on any atom is -0.381 e. The summed E-state index contributed by atoms with van der Waals surface area (Å²) in [7, 11) is 1.90. The molecule has 0 saturated heterocycles. The van der Waals surface area contributed by atoms with E-state index in [1.54, 1.807) is 0 Å². The highest BCUT2D eigenvalue weighted by atomic mass is 15.2. The van der Waals surface area contributed by atoms with Crippen LogP contribution >= 0.6 is 0 Å². The van der Waals surface area contributed by atoms with E-state index >= 15 is 0 Å². The molecule has 5 nitrogen and oxygen atoms in total. The Morgan fingerprint density at radius 1 is 1.64 bits per heavy atom. The van der Waals surface area contributed by atoms with Gasteiger partial charge in [-0.1, -0.05) is 0 Å². The number of nitriles is 1. The lowest BCUT2D eigenvalue weighted by molar-refractivity contribution is 0.926. The van der Waals surface area contributed by atoms with Gasteiger partial charge in [0.15, 0.2) is 5.82 Å². The maximum absolute atomic E-state index is 8.88. The Hall–Kier alpha value is -2.22. The van der Waals surface area contributed by atoms with E-state index in [9.17, 15) is 0 Å². The minimum atomic E-state index is 0.240. The summed E-state index contributed by atoms with van der Waals surface area (Å²) < 4.78 is 1.90. The van der Waals surface area contributed by atoms with Crippen LogP contribution in [0, 0.1) is 11.3 Å². The van der Waals surface area contributed by atoms with Gasteiger partial charge in [0.25, 0.3) is 0 Å². The van der Waals surface area contributed by atoms with Crippen molar-refractivity contribution >= 4 is 5.82 Å². The first kappa shape index (κ1) is 8.38. The van der Waals surface area contributed by atoms with Gasteiger partial charge in [0, 0.05) is 13.2 Å². The van der Waals surface area contributed by atoms with Crippen molar-refractivity contribution < 1.29 is 0 Å². The zero-order valence-corrected chi connectivity index (χ0v) is 7.65. The summed E-state index contributed by atoms with van der Waals surface area (Å²) in [5, 5.41) is 15.4. The third kappa shape index (κ3) is 1.05. The normalized spacial score (nSPS) is 10.0. The lowest BCUT2D eigenvalue weighted by Crippen LogP contribution is -1.92. The van der Waals surface area contributed by atoms with Crippen molar-refractivity contribution in [3.05, 3.63) is 23.9 Å². The van der Waals surface area contributed by atoms with Crippen molar-refractivity contribution in [2.45, 2.75) is 0 Å². The molecule has 0 saturated carbocycles. The van der Waals surface area contributed by atoms with Crippen LogP contribution in [0.25, 0.3) is 11.4 Å². The Morgan fingerprint density at radius 2 is 2.43 bits per heavy atom. The van der Waals surface area contributed by atoms with Crippen LogP contribution in [-0.2, 0) is 7.05 Å². The van der Waals surface area contributed by atoms with Crippen LogP contribution in [0.1, 0.15) is 5.56 Å².